The fraction of sp³-hybridized carbons (Fsp3) is 0.533. The van der Waals surface area contributed by atoms with Gasteiger partial charge in [-0.15, -0.1) is 0 Å². The number of nitrogens with zero attached hydrogens (tertiary/aromatic N) is 4. The van der Waals surface area contributed by atoms with Gasteiger partial charge in [-0.05, 0) is 25.8 Å². The van der Waals surface area contributed by atoms with Gasteiger partial charge < -0.3 is 9.88 Å². The van der Waals surface area contributed by atoms with E-state index >= 15 is 0 Å². The first-order valence-corrected chi connectivity index (χ1v) is 7.38. The summed E-state index contributed by atoms with van der Waals surface area (Å²) in [5.74, 6) is 1.76. The average Bonchev–Trinajstić information content (AvgIpc) is 2.95. The second-order valence-electron chi connectivity index (χ2n) is 5.40. The smallest absolute Gasteiger partial charge is 0.203 e. The average molecular weight is 271 g/mol. The van der Waals surface area contributed by atoms with Gasteiger partial charge >= 0.3 is 0 Å². The summed E-state index contributed by atoms with van der Waals surface area (Å²) in [6.45, 7) is 2.60. The Bertz CT molecular complexity index is 557. The molecular weight excluding hydrogens is 250 g/mol. The minimum Gasteiger partial charge on any atom is -0.350 e. The van der Waals surface area contributed by atoms with E-state index in [4.69, 9.17) is 0 Å². The largest absolute Gasteiger partial charge is 0.350 e. The maximum Gasteiger partial charge on any atom is 0.203 e. The number of aromatic nitrogens is 4. The topological polar surface area (TPSA) is 55.6 Å². The molecule has 0 amide bonds. The number of hydrogen-bond donors (Lipinski definition) is 1. The van der Waals surface area contributed by atoms with E-state index in [2.05, 4.69) is 31.0 Å². The molecule has 0 aliphatic heterocycles. The molecule has 2 aromatic rings. The van der Waals surface area contributed by atoms with Crippen LogP contribution in [0.3, 0.4) is 0 Å². The van der Waals surface area contributed by atoms with Crippen molar-refractivity contribution < 1.29 is 0 Å². The highest BCUT2D eigenvalue weighted by Crippen LogP contribution is 2.30. The van der Waals surface area contributed by atoms with Crippen LogP contribution in [0.25, 0.3) is 0 Å². The van der Waals surface area contributed by atoms with Crippen molar-refractivity contribution in [2.45, 2.75) is 51.6 Å². The van der Waals surface area contributed by atoms with Crippen LogP contribution in [0.15, 0.2) is 24.7 Å². The second-order valence-corrected chi connectivity index (χ2v) is 5.40. The SMILES string of the molecule is Cc1nccc(CNc2nccn2C2CCCCC2)n1. The molecule has 1 N–H and O–H groups in total. The Balaban J connectivity index is 1.67. The number of anilines is 1. The van der Waals surface area contributed by atoms with Crippen molar-refractivity contribution in [1.29, 1.82) is 0 Å². The molecule has 1 aliphatic carbocycles. The van der Waals surface area contributed by atoms with Crippen LogP contribution < -0.4 is 5.32 Å². The molecule has 2 heterocycles. The van der Waals surface area contributed by atoms with Gasteiger partial charge in [0.2, 0.25) is 5.95 Å². The third-order valence-electron chi connectivity index (χ3n) is 3.90. The molecule has 0 saturated heterocycles. The van der Waals surface area contributed by atoms with E-state index in [1.54, 1.807) is 6.20 Å². The van der Waals surface area contributed by atoms with E-state index in [1.807, 2.05) is 19.2 Å². The van der Waals surface area contributed by atoms with Gasteiger partial charge in [0.15, 0.2) is 0 Å². The van der Waals surface area contributed by atoms with Crippen LogP contribution in [0.5, 0.6) is 0 Å². The summed E-state index contributed by atoms with van der Waals surface area (Å²) in [6.07, 6.45) is 12.3. The van der Waals surface area contributed by atoms with Crippen molar-refractivity contribution in [2.75, 3.05) is 5.32 Å². The second kappa shape index (κ2) is 6.03. The van der Waals surface area contributed by atoms with Crippen LogP contribution in [0.2, 0.25) is 0 Å². The van der Waals surface area contributed by atoms with E-state index in [9.17, 15) is 0 Å². The predicted molar refractivity (Wildman–Crippen MR) is 78.4 cm³/mol. The lowest BCUT2D eigenvalue weighted by atomic mass is 9.95. The highest BCUT2D eigenvalue weighted by atomic mass is 15.2. The molecular formula is C15H21N5. The van der Waals surface area contributed by atoms with E-state index in [0.29, 0.717) is 12.6 Å². The number of rotatable bonds is 4. The molecule has 2 aromatic heterocycles. The number of imidazole rings is 1. The van der Waals surface area contributed by atoms with Crippen molar-refractivity contribution in [1.82, 2.24) is 19.5 Å². The molecule has 20 heavy (non-hydrogen) atoms. The lowest BCUT2D eigenvalue weighted by Crippen LogP contribution is -2.16. The van der Waals surface area contributed by atoms with Gasteiger partial charge in [0, 0.05) is 24.6 Å². The summed E-state index contributed by atoms with van der Waals surface area (Å²) in [5, 5.41) is 3.40. The van der Waals surface area contributed by atoms with Crippen LogP contribution in [0.4, 0.5) is 5.95 Å². The molecule has 106 valence electrons. The van der Waals surface area contributed by atoms with Crippen molar-refractivity contribution in [2.24, 2.45) is 0 Å². The summed E-state index contributed by atoms with van der Waals surface area (Å²) in [6, 6.07) is 2.54. The first-order chi connectivity index (χ1) is 9.83. The zero-order valence-electron chi connectivity index (χ0n) is 11.9. The Morgan fingerprint density at radius 1 is 1.20 bits per heavy atom. The number of aryl methyl sites for hydroxylation is 1. The Morgan fingerprint density at radius 2 is 2.05 bits per heavy atom. The molecule has 0 bridgehead atoms. The minimum atomic E-state index is 0.598. The van der Waals surface area contributed by atoms with Gasteiger partial charge in [-0.2, -0.15) is 0 Å². The van der Waals surface area contributed by atoms with Crippen LogP contribution in [0.1, 0.15) is 49.7 Å². The summed E-state index contributed by atoms with van der Waals surface area (Å²) >= 11 is 0. The fourth-order valence-corrected chi connectivity index (χ4v) is 2.88. The molecule has 0 radical (unpaired) electrons. The Hall–Kier alpha value is -1.91. The van der Waals surface area contributed by atoms with E-state index in [1.165, 1.54) is 32.1 Å². The standard InChI is InChI=1S/C15H21N5/c1-12-16-8-7-13(19-12)11-18-15-17-9-10-20(15)14-5-3-2-4-6-14/h7-10,14H,2-6,11H2,1H3,(H,17,18). The summed E-state index contributed by atoms with van der Waals surface area (Å²) < 4.78 is 2.28. The zero-order chi connectivity index (χ0) is 13.8. The predicted octanol–water partition coefficient (Wildman–Crippen LogP) is 3.10. The van der Waals surface area contributed by atoms with Crippen molar-refractivity contribution >= 4 is 5.95 Å². The molecule has 0 aromatic carbocycles. The van der Waals surface area contributed by atoms with Gasteiger partial charge in [0.05, 0.1) is 12.2 Å². The highest BCUT2D eigenvalue weighted by Gasteiger charge is 2.17. The number of nitrogens with one attached hydrogen (secondary N) is 1. The molecule has 5 nitrogen and oxygen atoms in total. The molecule has 1 saturated carbocycles. The third-order valence-corrected chi connectivity index (χ3v) is 3.90. The summed E-state index contributed by atoms with van der Waals surface area (Å²) in [5.41, 5.74) is 0.996. The van der Waals surface area contributed by atoms with E-state index in [0.717, 1.165) is 17.5 Å². The first-order valence-electron chi connectivity index (χ1n) is 7.38. The maximum atomic E-state index is 4.44. The van der Waals surface area contributed by atoms with E-state index < -0.39 is 0 Å². The first kappa shape index (κ1) is 13.1. The van der Waals surface area contributed by atoms with Crippen molar-refractivity contribution in [3.8, 4) is 0 Å². The van der Waals surface area contributed by atoms with Gasteiger partial charge in [-0.1, -0.05) is 19.3 Å². The Morgan fingerprint density at radius 3 is 2.85 bits per heavy atom. The maximum absolute atomic E-state index is 4.44. The molecule has 0 atom stereocenters. The zero-order valence-corrected chi connectivity index (χ0v) is 11.9. The monoisotopic (exact) mass is 271 g/mol. The van der Waals surface area contributed by atoms with Crippen LogP contribution in [0, 0.1) is 6.92 Å². The van der Waals surface area contributed by atoms with Crippen LogP contribution in [-0.4, -0.2) is 19.5 Å². The summed E-state index contributed by atoms with van der Waals surface area (Å²) in [4.78, 5) is 13.0. The van der Waals surface area contributed by atoms with Crippen LogP contribution in [-0.2, 0) is 6.54 Å². The molecule has 1 aliphatic rings. The van der Waals surface area contributed by atoms with E-state index in [-0.39, 0.29) is 0 Å². The summed E-state index contributed by atoms with van der Waals surface area (Å²) in [7, 11) is 0. The fourth-order valence-electron chi connectivity index (χ4n) is 2.88. The molecule has 3 rings (SSSR count). The molecule has 1 fully saturated rings. The van der Waals surface area contributed by atoms with Gasteiger partial charge in [-0.25, -0.2) is 15.0 Å². The quantitative estimate of drug-likeness (QED) is 0.928. The lowest BCUT2D eigenvalue weighted by Gasteiger charge is -2.24. The van der Waals surface area contributed by atoms with Crippen LogP contribution >= 0.6 is 0 Å². The highest BCUT2D eigenvalue weighted by molar-refractivity contribution is 5.28. The van der Waals surface area contributed by atoms with Gasteiger partial charge in [0.1, 0.15) is 5.82 Å². The van der Waals surface area contributed by atoms with Crippen molar-refractivity contribution in [3.05, 3.63) is 36.2 Å². The van der Waals surface area contributed by atoms with Gasteiger partial charge in [-0.3, -0.25) is 0 Å². The normalized spacial score (nSPS) is 16.2. The van der Waals surface area contributed by atoms with Gasteiger partial charge in [0.25, 0.3) is 0 Å². The molecule has 0 spiro atoms. The Kier molecular flexibility index (Phi) is 3.95. The molecule has 0 unspecified atom stereocenters. The van der Waals surface area contributed by atoms with Crippen molar-refractivity contribution in [3.63, 3.8) is 0 Å². The minimum absolute atomic E-state index is 0.598. The number of hydrogen-bond acceptors (Lipinski definition) is 4. The third kappa shape index (κ3) is 2.98. The molecule has 5 heteroatoms. The Labute approximate surface area is 119 Å². The lowest BCUT2D eigenvalue weighted by molar-refractivity contribution is 0.356.